The van der Waals surface area contributed by atoms with Crippen LogP contribution < -0.4 is 10.6 Å². The van der Waals surface area contributed by atoms with E-state index in [0.717, 1.165) is 29.3 Å². The first-order chi connectivity index (χ1) is 13.7. The molecule has 1 aliphatic rings. The van der Waals surface area contributed by atoms with E-state index in [4.69, 9.17) is 5.11 Å². The van der Waals surface area contributed by atoms with E-state index in [2.05, 4.69) is 38.8 Å². The van der Waals surface area contributed by atoms with Crippen molar-refractivity contribution in [3.63, 3.8) is 0 Å². The number of carbonyl (C=O) groups is 1. The highest BCUT2D eigenvalue weighted by molar-refractivity contribution is 8.15. The maximum atomic E-state index is 11.7. The van der Waals surface area contributed by atoms with E-state index in [9.17, 15) is 4.79 Å². The van der Waals surface area contributed by atoms with Gasteiger partial charge in [-0.15, -0.1) is 0 Å². The number of anilines is 2. The third-order valence-corrected chi connectivity index (χ3v) is 6.45. The number of carbonyl (C=O) groups excluding carboxylic acids is 1. The number of thiazole rings is 1. The van der Waals surface area contributed by atoms with E-state index >= 15 is 0 Å². The lowest BCUT2D eigenvalue weighted by molar-refractivity contribution is -0.117. The molecule has 0 spiro atoms. The second-order valence-corrected chi connectivity index (χ2v) is 8.58. The number of aliphatic hydroxyl groups is 1. The lowest BCUT2D eigenvalue weighted by atomic mass is 10.1. The number of rotatable bonds is 7. The number of nitrogens with zero attached hydrogens (tertiary/aromatic N) is 2. The van der Waals surface area contributed by atoms with Crippen molar-refractivity contribution in [1.82, 2.24) is 4.98 Å². The van der Waals surface area contributed by atoms with Gasteiger partial charge in [-0.3, -0.25) is 4.79 Å². The summed E-state index contributed by atoms with van der Waals surface area (Å²) in [4.78, 5) is 20.3. The Morgan fingerprint density at radius 1 is 1.11 bits per heavy atom. The molecule has 0 aliphatic carbocycles. The molecule has 1 aromatic heterocycles. The summed E-state index contributed by atoms with van der Waals surface area (Å²) in [5.41, 5.74) is 3.14. The van der Waals surface area contributed by atoms with Crippen LogP contribution in [0.3, 0.4) is 0 Å². The Balaban J connectivity index is 1.28. The van der Waals surface area contributed by atoms with Crippen LogP contribution in [0.25, 0.3) is 10.2 Å². The molecule has 6 nitrogen and oxygen atoms in total. The molecule has 0 radical (unpaired) electrons. The highest BCUT2D eigenvalue weighted by atomic mass is 32.2. The van der Waals surface area contributed by atoms with Crippen molar-refractivity contribution in [2.24, 2.45) is 4.99 Å². The third kappa shape index (κ3) is 4.52. The summed E-state index contributed by atoms with van der Waals surface area (Å²) < 4.78 is 1.19. The maximum absolute atomic E-state index is 11.7. The zero-order valence-corrected chi connectivity index (χ0v) is 16.7. The smallest absolute Gasteiger partial charge is 0.261 e. The predicted octanol–water partition coefficient (Wildman–Crippen LogP) is 3.74. The first-order valence-electron chi connectivity index (χ1n) is 9.07. The van der Waals surface area contributed by atoms with Gasteiger partial charge in [-0.2, -0.15) is 4.99 Å². The van der Waals surface area contributed by atoms with Gasteiger partial charge in [0.2, 0.25) is 0 Å². The molecule has 3 N–H and O–H groups in total. The fourth-order valence-electron chi connectivity index (χ4n) is 2.88. The summed E-state index contributed by atoms with van der Waals surface area (Å²) in [5.74, 6) is -0.181. The normalized spacial score (nSPS) is 16.4. The number of amidine groups is 1. The second kappa shape index (κ2) is 8.72. The third-order valence-electron chi connectivity index (χ3n) is 4.32. The number of aliphatic hydroxyl groups excluding tert-OH is 1. The predicted molar refractivity (Wildman–Crippen MR) is 117 cm³/mol. The van der Waals surface area contributed by atoms with Crippen molar-refractivity contribution in [2.75, 3.05) is 23.8 Å². The molecule has 4 rings (SSSR count). The van der Waals surface area contributed by atoms with E-state index in [-0.39, 0.29) is 17.8 Å². The Morgan fingerprint density at radius 2 is 1.93 bits per heavy atom. The van der Waals surface area contributed by atoms with Crippen LogP contribution in [0.1, 0.15) is 12.0 Å². The Morgan fingerprint density at radius 3 is 2.71 bits per heavy atom. The lowest BCUT2D eigenvalue weighted by Crippen LogP contribution is -2.12. The molecule has 2 aromatic carbocycles. The van der Waals surface area contributed by atoms with Gasteiger partial charge >= 0.3 is 0 Å². The first kappa shape index (κ1) is 18.9. The number of thioether (sulfide) groups is 1. The number of nitrogens with one attached hydrogen (secondary N) is 2. The van der Waals surface area contributed by atoms with Crippen molar-refractivity contribution in [3.8, 4) is 0 Å². The van der Waals surface area contributed by atoms with Gasteiger partial charge in [0.05, 0.1) is 15.5 Å². The zero-order chi connectivity index (χ0) is 19.3. The van der Waals surface area contributed by atoms with E-state index in [0.29, 0.717) is 11.6 Å². The van der Waals surface area contributed by atoms with Crippen molar-refractivity contribution in [3.05, 3.63) is 54.1 Å². The van der Waals surface area contributed by atoms with Gasteiger partial charge in [0, 0.05) is 18.8 Å². The molecular formula is C20H20N4O2S2. The van der Waals surface area contributed by atoms with Gasteiger partial charge in [-0.1, -0.05) is 47.4 Å². The van der Waals surface area contributed by atoms with Crippen LogP contribution in [0, 0.1) is 0 Å². The summed E-state index contributed by atoms with van der Waals surface area (Å²) in [6, 6.07) is 16.2. The molecule has 8 heteroatoms. The van der Waals surface area contributed by atoms with Crippen LogP contribution in [0.2, 0.25) is 0 Å². The quantitative estimate of drug-likeness (QED) is 0.548. The van der Waals surface area contributed by atoms with Crippen molar-refractivity contribution in [1.29, 1.82) is 0 Å². The van der Waals surface area contributed by atoms with Gasteiger partial charge in [0.15, 0.2) is 10.3 Å². The number of aromatic nitrogens is 1. The number of benzene rings is 2. The number of aliphatic imine (C=N–C) groups is 1. The average molecular weight is 413 g/mol. The van der Waals surface area contributed by atoms with Crippen molar-refractivity contribution >= 4 is 55.2 Å². The summed E-state index contributed by atoms with van der Waals surface area (Å²) >= 11 is 3.03. The minimum absolute atomic E-state index is 0.00798. The molecule has 1 amide bonds. The van der Waals surface area contributed by atoms with Gasteiger partial charge in [-0.05, 0) is 42.7 Å². The molecule has 0 saturated carbocycles. The fourth-order valence-corrected chi connectivity index (χ4v) is 4.74. The second-order valence-electron chi connectivity index (χ2n) is 6.36. The van der Waals surface area contributed by atoms with E-state index in [1.807, 2.05) is 30.3 Å². The first-order valence-corrected chi connectivity index (χ1v) is 10.8. The largest absolute Gasteiger partial charge is 0.396 e. The van der Waals surface area contributed by atoms with Crippen LogP contribution in [-0.2, 0) is 11.2 Å². The van der Waals surface area contributed by atoms with Crippen LogP contribution in [0.4, 0.5) is 10.8 Å². The summed E-state index contributed by atoms with van der Waals surface area (Å²) in [7, 11) is 0. The SMILES string of the molecule is O=C1N=C(Nc2ccc(CCNc3nc4ccccc4s3)cc2)SC1CCO. The van der Waals surface area contributed by atoms with Crippen molar-refractivity contribution in [2.45, 2.75) is 18.1 Å². The molecule has 1 aliphatic heterocycles. The molecule has 2 heterocycles. The maximum Gasteiger partial charge on any atom is 0.261 e. The molecule has 0 bridgehead atoms. The molecule has 144 valence electrons. The fraction of sp³-hybridized carbons (Fsp3) is 0.250. The topological polar surface area (TPSA) is 86.6 Å². The Labute approximate surface area is 171 Å². The highest BCUT2D eigenvalue weighted by Gasteiger charge is 2.27. The van der Waals surface area contributed by atoms with E-state index in [1.165, 1.54) is 22.0 Å². The highest BCUT2D eigenvalue weighted by Crippen LogP contribution is 2.27. The Bertz CT molecular complexity index is 968. The number of hydrogen-bond acceptors (Lipinski definition) is 7. The summed E-state index contributed by atoms with van der Waals surface area (Å²) in [6.07, 6.45) is 1.32. The van der Waals surface area contributed by atoms with Crippen LogP contribution in [0.15, 0.2) is 53.5 Å². The standard InChI is InChI=1S/C20H20N4O2S2/c25-12-10-17-18(26)24-20(28-17)22-14-7-5-13(6-8-14)9-11-21-19-23-15-3-1-2-4-16(15)27-19/h1-8,17,25H,9-12H2,(H,21,23)(H,22,24,26). The monoisotopic (exact) mass is 412 g/mol. The molecule has 28 heavy (non-hydrogen) atoms. The van der Waals surface area contributed by atoms with Crippen LogP contribution >= 0.6 is 23.1 Å². The average Bonchev–Trinajstić information content (AvgIpc) is 3.26. The minimum atomic E-state index is -0.277. The summed E-state index contributed by atoms with van der Waals surface area (Å²) in [5, 5.41) is 16.8. The molecule has 1 unspecified atom stereocenters. The van der Waals surface area contributed by atoms with Crippen LogP contribution in [0.5, 0.6) is 0 Å². The molecule has 0 saturated heterocycles. The molecule has 0 fully saturated rings. The van der Waals surface area contributed by atoms with E-state index < -0.39 is 0 Å². The number of para-hydroxylation sites is 1. The Hall–Kier alpha value is -2.42. The van der Waals surface area contributed by atoms with Gasteiger partial charge in [-0.25, -0.2) is 4.98 Å². The molecular weight excluding hydrogens is 392 g/mol. The molecule has 1 atom stereocenters. The zero-order valence-electron chi connectivity index (χ0n) is 15.1. The number of hydrogen-bond donors (Lipinski definition) is 3. The van der Waals surface area contributed by atoms with Gasteiger partial charge < -0.3 is 15.7 Å². The van der Waals surface area contributed by atoms with E-state index in [1.54, 1.807) is 11.3 Å². The Kier molecular flexibility index (Phi) is 5.90. The number of amides is 1. The van der Waals surface area contributed by atoms with Gasteiger partial charge in [0.25, 0.3) is 5.91 Å². The molecule has 3 aromatic rings. The lowest BCUT2D eigenvalue weighted by Gasteiger charge is -2.08. The minimum Gasteiger partial charge on any atom is -0.396 e. The summed E-state index contributed by atoms with van der Waals surface area (Å²) in [6.45, 7) is 0.804. The van der Waals surface area contributed by atoms with Gasteiger partial charge in [0.1, 0.15) is 0 Å². The van der Waals surface area contributed by atoms with Crippen molar-refractivity contribution < 1.29 is 9.90 Å². The van der Waals surface area contributed by atoms with Crippen LogP contribution in [-0.4, -0.2) is 39.6 Å². The number of fused-ring (bicyclic) bond motifs is 1.